The van der Waals surface area contributed by atoms with Gasteiger partial charge in [0.1, 0.15) is 12.4 Å². The highest BCUT2D eigenvalue weighted by atomic mass is 32.2. The highest BCUT2D eigenvalue weighted by Gasteiger charge is 2.13. The molecule has 0 bridgehead atoms. The van der Waals surface area contributed by atoms with Crippen LogP contribution < -0.4 is 4.74 Å². The average molecular weight is 321 g/mol. The molecule has 0 spiro atoms. The second-order valence-electron chi connectivity index (χ2n) is 4.81. The van der Waals surface area contributed by atoms with E-state index in [9.17, 15) is 4.79 Å². The Morgan fingerprint density at radius 2 is 2.14 bits per heavy atom. The van der Waals surface area contributed by atoms with Gasteiger partial charge in [-0.3, -0.25) is 4.79 Å². The lowest BCUT2D eigenvalue weighted by Gasteiger charge is -2.11. The molecule has 0 unspecified atom stereocenters. The molecule has 1 aromatic heterocycles. The molecule has 118 valence electrons. The first-order chi connectivity index (χ1) is 10.5. The van der Waals surface area contributed by atoms with E-state index in [2.05, 4.69) is 10.2 Å². The third-order valence-electron chi connectivity index (χ3n) is 3.35. The van der Waals surface area contributed by atoms with Gasteiger partial charge in [0.2, 0.25) is 0 Å². The quantitative estimate of drug-likeness (QED) is 0.790. The molecule has 7 heteroatoms. The summed E-state index contributed by atoms with van der Waals surface area (Å²) < 4.78 is 7.71. The molecule has 0 saturated carbocycles. The fraction of sp³-hybridized carbons (Fsp3) is 0.400. The van der Waals surface area contributed by atoms with Crippen LogP contribution >= 0.6 is 11.8 Å². The summed E-state index contributed by atoms with van der Waals surface area (Å²) in [4.78, 5) is 10.7. The molecular weight excluding hydrogens is 302 g/mol. The predicted molar refractivity (Wildman–Crippen MR) is 84.3 cm³/mol. The largest absolute Gasteiger partial charge is 0.485 e. The van der Waals surface area contributed by atoms with Crippen molar-refractivity contribution in [1.29, 1.82) is 0 Å². The topological polar surface area (TPSA) is 77.2 Å². The van der Waals surface area contributed by atoms with E-state index >= 15 is 0 Å². The number of thioether (sulfide) groups is 1. The number of carboxylic acids is 1. The summed E-state index contributed by atoms with van der Waals surface area (Å²) in [5.41, 5.74) is 2.28. The summed E-state index contributed by atoms with van der Waals surface area (Å²) in [5, 5.41) is 17.5. The first-order valence-electron chi connectivity index (χ1n) is 6.98. The van der Waals surface area contributed by atoms with E-state index in [-0.39, 0.29) is 5.75 Å². The Kier molecular flexibility index (Phi) is 5.43. The maximum absolute atomic E-state index is 10.7. The van der Waals surface area contributed by atoms with Crippen molar-refractivity contribution in [2.24, 2.45) is 0 Å². The van der Waals surface area contributed by atoms with Crippen LogP contribution in [-0.4, -0.2) is 31.6 Å². The fourth-order valence-electron chi connectivity index (χ4n) is 2.00. The second kappa shape index (κ2) is 7.31. The number of nitrogens with zero attached hydrogens (tertiary/aromatic N) is 3. The first kappa shape index (κ1) is 16.4. The van der Waals surface area contributed by atoms with Crippen molar-refractivity contribution in [3.63, 3.8) is 0 Å². The monoisotopic (exact) mass is 321 g/mol. The maximum atomic E-state index is 10.7. The smallest absolute Gasteiger partial charge is 0.313 e. The Bertz CT molecular complexity index is 670. The Morgan fingerprint density at radius 3 is 2.82 bits per heavy atom. The van der Waals surface area contributed by atoms with Crippen molar-refractivity contribution >= 4 is 17.7 Å². The summed E-state index contributed by atoms with van der Waals surface area (Å²) in [6.07, 6.45) is 0. The van der Waals surface area contributed by atoms with Gasteiger partial charge in [0.15, 0.2) is 11.0 Å². The molecule has 0 atom stereocenters. The zero-order valence-electron chi connectivity index (χ0n) is 12.9. The van der Waals surface area contributed by atoms with Crippen LogP contribution in [0.25, 0.3) is 0 Å². The van der Waals surface area contributed by atoms with Crippen LogP contribution in [0.3, 0.4) is 0 Å². The number of ether oxygens (including phenoxy) is 1. The van der Waals surface area contributed by atoms with Crippen molar-refractivity contribution in [1.82, 2.24) is 14.8 Å². The van der Waals surface area contributed by atoms with Crippen LogP contribution in [0.4, 0.5) is 0 Å². The van der Waals surface area contributed by atoms with E-state index in [1.54, 1.807) is 0 Å². The number of rotatable bonds is 7. The van der Waals surface area contributed by atoms with Crippen LogP contribution in [0.15, 0.2) is 23.4 Å². The van der Waals surface area contributed by atoms with Crippen molar-refractivity contribution in [3.05, 3.63) is 35.2 Å². The second-order valence-corrected chi connectivity index (χ2v) is 5.75. The molecule has 0 radical (unpaired) electrons. The number of aliphatic carboxylic acids is 1. The number of aromatic nitrogens is 3. The Labute approximate surface area is 133 Å². The van der Waals surface area contributed by atoms with Crippen molar-refractivity contribution in [2.45, 2.75) is 39.1 Å². The number of benzene rings is 1. The Balaban J connectivity index is 2.09. The standard InChI is InChI=1S/C15H19N3O3S/c1-4-18-13(16-17-15(18)22-9-14(19)20)8-21-12-7-5-6-10(2)11(12)3/h5-7H,4,8-9H2,1-3H3,(H,19,20). The maximum Gasteiger partial charge on any atom is 0.313 e. The minimum atomic E-state index is -0.871. The molecular formula is C15H19N3O3S. The van der Waals surface area contributed by atoms with Gasteiger partial charge >= 0.3 is 5.97 Å². The zero-order valence-corrected chi connectivity index (χ0v) is 13.7. The van der Waals surface area contributed by atoms with Crippen LogP contribution in [0, 0.1) is 13.8 Å². The molecule has 0 amide bonds. The lowest BCUT2D eigenvalue weighted by atomic mass is 10.1. The molecule has 1 aromatic carbocycles. The van der Waals surface area contributed by atoms with Gasteiger partial charge in [-0.15, -0.1) is 10.2 Å². The van der Waals surface area contributed by atoms with Crippen LogP contribution in [0.2, 0.25) is 0 Å². The van der Waals surface area contributed by atoms with Gasteiger partial charge < -0.3 is 14.4 Å². The molecule has 6 nitrogen and oxygen atoms in total. The molecule has 22 heavy (non-hydrogen) atoms. The van der Waals surface area contributed by atoms with Gasteiger partial charge in [0.05, 0.1) is 5.75 Å². The van der Waals surface area contributed by atoms with Crippen LogP contribution in [0.5, 0.6) is 5.75 Å². The summed E-state index contributed by atoms with van der Waals surface area (Å²) in [6, 6.07) is 5.92. The van der Waals surface area contributed by atoms with Crippen molar-refractivity contribution in [3.8, 4) is 5.75 Å². The lowest BCUT2D eigenvalue weighted by molar-refractivity contribution is -0.133. The molecule has 1 N–H and O–H groups in total. The van der Waals surface area contributed by atoms with Gasteiger partial charge in [0, 0.05) is 6.54 Å². The van der Waals surface area contributed by atoms with Gasteiger partial charge in [-0.05, 0) is 38.0 Å². The van der Waals surface area contributed by atoms with Crippen molar-refractivity contribution in [2.75, 3.05) is 5.75 Å². The molecule has 0 aliphatic rings. The predicted octanol–water partition coefficient (Wildman–Crippen LogP) is 2.67. The number of carboxylic acid groups (broad SMARTS) is 1. The lowest BCUT2D eigenvalue weighted by Crippen LogP contribution is -2.08. The van der Waals surface area contributed by atoms with E-state index in [0.717, 1.165) is 23.1 Å². The normalized spacial score (nSPS) is 10.7. The molecule has 0 aliphatic heterocycles. The summed E-state index contributed by atoms with van der Waals surface area (Å²) in [5.74, 6) is 0.612. The SMILES string of the molecule is CCn1c(COc2cccc(C)c2C)nnc1SCC(=O)O. The number of hydrogen-bond donors (Lipinski definition) is 1. The van der Waals surface area contributed by atoms with E-state index in [4.69, 9.17) is 9.84 Å². The van der Waals surface area contributed by atoms with Crippen LogP contribution in [-0.2, 0) is 17.9 Å². The zero-order chi connectivity index (χ0) is 16.1. The van der Waals surface area contributed by atoms with Crippen LogP contribution in [0.1, 0.15) is 23.9 Å². The minimum Gasteiger partial charge on any atom is -0.485 e. The number of aryl methyl sites for hydroxylation is 1. The fourth-order valence-corrected chi connectivity index (χ4v) is 2.74. The first-order valence-corrected chi connectivity index (χ1v) is 7.97. The van der Waals surface area contributed by atoms with E-state index in [0.29, 0.717) is 24.1 Å². The molecule has 2 rings (SSSR count). The third-order valence-corrected chi connectivity index (χ3v) is 4.30. The average Bonchev–Trinajstić information content (AvgIpc) is 2.88. The van der Waals surface area contributed by atoms with E-state index in [1.165, 1.54) is 5.56 Å². The van der Waals surface area contributed by atoms with Gasteiger partial charge in [-0.25, -0.2) is 0 Å². The summed E-state index contributed by atoms with van der Waals surface area (Å²) in [7, 11) is 0. The minimum absolute atomic E-state index is 0.0318. The number of carbonyl (C=O) groups is 1. The molecule has 0 fully saturated rings. The van der Waals surface area contributed by atoms with Crippen molar-refractivity contribution < 1.29 is 14.6 Å². The molecule has 0 saturated heterocycles. The molecule has 1 heterocycles. The highest BCUT2D eigenvalue weighted by Crippen LogP contribution is 2.22. The Hall–Kier alpha value is -2.02. The summed E-state index contributed by atoms with van der Waals surface area (Å²) >= 11 is 1.16. The van der Waals surface area contributed by atoms with Gasteiger partial charge in [-0.1, -0.05) is 23.9 Å². The molecule has 0 aliphatic carbocycles. The van der Waals surface area contributed by atoms with Gasteiger partial charge in [0.25, 0.3) is 0 Å². The highest BCUT2D eigenvalue weighted by molar-refractivity contribution is 7.99. The third kappa shape index (κ3) is 3.79. The van der Waals surface area contributed by atoms with Gasteiger partial charge in [-0.2, -0.15) is 0 Å². The summed E-state index contributed by atoms with van der Waals surface area (Å²) in [6.45, 7) is 7.00. The van der Waals surface area contributed by atoms with E-state index in [1.807, 2.05) is 43.5 Å². The number of hydrogen-bond acceptors (Lipinski definition) is 5. The molecule has 2 aromatic rings. The Morgan fingerprint density at radius 1 is 1.36 bits per heavy atom. The van der Waals surface area contributed by atoms with E-state index < -0.39 is 5.97 Å².